The minimum absolute atomic E-state index is 0.0194. The predicted molar refractivity (Wildman–Crippen MR) is 148 cm³/mol. The van der Waals surface area contributed by atoms with E-state index in [-0.39, 0.29) is 18.1 Å². The molecule has 8 rings (SSSR count). The van der Waals surface area contributed by atoms with Crippen molar-refractivity contribution in [1.29, 1.82) is 0 Å². The van der Waals surface area contributed by atoms with Gasteiger partial charge in [0.1, 0.15) is 45.8 Å². The zero-order valence-electron chi connectivity index (χ0n) is 23.3. The maximum Gasteiger partial charge on any atom is 0.235 e. The smallest absolute Gasteiger partial charge is 0.235 e. The molecule has 2 aromatic carbocycles. The molecule has 5 heterocycles. The lowest BCUT2D eigenvalue weighted by Gasteiger charge is -2.55. The van der Waals surface area contributed by atoms with Gasteiger partial charge in [0.25, 0.3) is 0 Å². The molecule has 2 N–H and O–H groups in total. The lowest BCUT2D eigenvalue weighted by molar-refractivity contribution is -1.09. The van der Waals surface area contributed by atoms with Crippen LogP contribution in [0, 0.1) is 5.92 Å². The molecule has 5 aliphatic heterocycles. The van der Waals surface area contributed by atoms with Crippen molar-refractivity contribution in [2.24, 2.45) is 5.92 Å². The second kappa shape index (κ2) is 9.32. The third-order valence-electron chi connectivity index (χ3n) is 10.6. The van der Waals surface area contributed by atoms with Crippen LogP contribution in [0.2, 0.25) is 0 Å². The van der Waals surface area contributed by atoms with Crippen molar-refractivity contribution in [3.05, 3.63) is 64.3 Å². The number of quaternary nitrogens is 2. The Morgan fingerprint density at radius 1 is 0.976 bits per heavy atom. The van der Waals surface area contributed by atoms with E-state index in [2.05, 4.69) is 6.07 Å². The van der Waals surface area contributed by atoms with Crippen molar-refractivity contribution in [2.75, 3.05) is 52.4 Å². The first kappa shape index (κ1) is 26.5. The minimum Gasteiger partial charge on any atom is -0.543 e. The number of ketones is 1. The number of aliphatic carboxylic acids is 1. The van der Waals surface area contributed by atoms with E-state index in [1.54, 1.807) is 19.1 Å². The van der Waals surface area contributed by atoms with Gasteiger partial charge >= 0.3 is 0 Å². The van der Waals surface area contributed by atoms with Gasteiger partial charge in [-0.05, 0) is 53.8 Å². The predicted octanol–water partition coefficient (Wildman–Crippen LogP) is 0.514. The number of aliphatic hydroxyl groups is 2. The van der Waals surface area contributed by atoms with Crippen LogP contribution >= 0.6 is 0 Å². The van der Waals surface area contributed by atoms with Crippen LogP contribution in [0.3, 0.4) is 0 Å². The first-order valence-electron chi connectivity index (χ1n) is 14.8. The fraction of sp³-hybridized carbons (Fsp3) is 0.469. The summed E-state index contributed by atoms with van der Waals surface area (Å²) in [7, 11) is 0. The highest BCUT2D eigenvalue weighted by molar-refractivity contribution is 6.22. The molecule has 6 aliphatic rings. The fourth-order valence-electron chi connectivity index (χ4n) is 8.24. The van der Waals surface area contributed by atoms with Crippen molar-refractivity contribution in [2.45, 2.75) is 38.5 Å². The van der Waals surface area contributed by atoms with Crippen LogP contribution in [0.4, 0.5) is 0 Å². The van der Waals surface area contributed by atoms with E-state index in [9.17, 15) is 29.7 Å². The fourth-order valence-corrected chi connectivity index (χ4v) is 8.24. The minimum atomic E-state index is -1.41. The molecule has 4 fully saturated rings. The summed E-state index contributed by atoms with van der Waals surface area (Å²) in [5, 5.41) is 31.5. The number of fused-ring (bicyclic) bond motifs is 7. The molecule has 0 spiro atoms. The number of carbonyl (C=O) groups excluding carboxylic acids is 3. The van der Waals surface area contributed by atoms with Gasteiger partial charge in [-0.2, -0.15) is 0 Å². The Kier molecular flexibility index (Phi) is 6.03. The quantitative estimate of drug-likeness (QED) is 0.308. The number of carboxylic acids is 1. The van der Waals surface area contributed by atoms with Crippen LogP contribution in [0.15, 0.2) is 42.1 Å². The van der Waals surface area contributed by atoms with Gasteiger partial charge in [-0.25, -0.2) is 0 Å². The number of benzene rings is 2. The molecule has 0 unspecified atom stereocenters. The molecular formula is C32H36N3O6+. The molecule has 0 aromatic heterocycles. The Bertz CT molecular complexity index is 1500. The maximum absolute atomic E-state index is 13.5. The van der Waals surface area contributed by atoms with Gasteiger partial charge in [0.15, 0.2) is 5.78 Å². The van der Waals surface area contributed by atoms with E-state index < -0.39 is 29.9 Å². The number of hydrogen-bond acceptors (Lipinski definition) is 6. The zero-order chi connectivity index (χ0) is 28.7. The van der Waals surface area contributed by atoms with E-state index in [1.165, 1.54) is 4.90 Å². The number of hydrogen-bond donors (Lipinski definition) is 2. The van der Waals surface area contributed by atoms with Crippen molar-refractivity contribution in [3.63, 3.8) is 0 Å². The average Bonchev–Trinajstić information content (AvgIpc) is 3.45. The normalized spacial score (nSPS) is 30.3. The number of piperazine rings is 3. The molecule has 214 valence electrons. The average molecular weight is 559 g/mol. The second-order valence-corrected chi connectivity index (χ2v) is 12.8. The van der Waals surface area contributed by atoms with Gasteiger partial charge in [0.05, 0.1) is 36.3 Å². The summed E-state index contributed by atoms with van der Waals surface area (Å²) in [5.74, 6) is -2.45. The largest absolute Gasteiger partial charge is 0.543 e. The number of β-lactam (4-membered cyclic amide) rings is 1. The van der Waals surface area contributed by atoms with E-state index in [0.717, 1.165) is 84.4 Å². The Morgan fingerprint density at radius 3 is 2.32 bits per heavy atom. The molecule has 4 saturated heterocycles. The van der Waals surface area contributed by atoms with Gasteiger partial charge in [-0.15, -0.1) is 0 Å². The number of aliphatic hydroxyl groups excluding tert-OH is 2. The summed E-state index contributed by atoms with van der Waals surface area (Å²) in [5.41, 5.74) is 5.10. The lowest BCUT2D eigenvalue weighted by Crippen LogP contribution is -2.74. The molecule has 9 nitrogen and oxygen atoms in total. The third kappa shape index (κ3) is 3.94. The molecule has 1 amide bonds. The summed E-state index contributed by atoms with van der Waals surface area (Å²) in [4.78, 5) is 39.5. The summed E-state index contributed by atoms with van der Waals surface area (Å²) in [6.45, 7) is 10.5. The Balaban J connectivity index is 1.15. The van der Waals surface area contributed by atoms with E-state index in [4.69, 9.17) is 0 Å². The summed E-state index contributed by atoms with van der Waals surface area (Å²) in [6.07, 6.45) is 0.321. The summed E-state index contributed by atoms with van der Waals surface area (Å²) >= 11 is 0. The van der Waals surface area contributed by atoms with Crippen molar-refractivity contribution in [1.82, 2.24) is 4.90 Å². The first-order valence-corrected chi connectivity index (χ1v) is 14.8. The highest BCUT2D eigenvalue weighted by Gasteiger charge is 2.55. The summed E-state index contributed by atoms with van der Waals surface area (Å²) < 4.78 is 2.18. The molecule has 0 saturated carbocycles. The standard InChI is InChI=1S/C32H36N3O6/c1-19(37)28-27-17-24(29(32(40)41)33(27)31(28)39)21-4-6-23-25(16-21)22-5-3-20(15-26(22)30(23)38)18-35-11-8-34(9-12-35,10-13-35)7-2-14-36/h3-6,15-16,19,27-28,36-37H,2,7-14,17-18H2,1H3/q+1/t19-,27-,28-,34?,35?/m1/s1. The first-order chi connectivity index (χ1) is 19.7. The molecule has 1 aliphatic carbocycles. The van der Waals surface area contributed by atoms with E-state index >= 15 is 0 Å². The number of carboxylic acid groups (broad SMARTS) is 1. The molecule has 3 atom stereocenters. The molecule has 9 heteroatoms. The zero-order valence-corrected chi connectivity index (χ0v) is 23.3. The third-order valence-corrected chi connectivity index (χ3v) is 10.6. The van der Waals surface area contributed by atoms with E-state index in [0.29, 0.717) is 28.7 Å². The number of amides is 1. The molecular weight excluding hydrogens is 522 g/mol. The Hall–Kier alpha value is -3.37. The van der Waals surface area contributed by atoms with Crippen molar-refractivity contribution in [3.8, 4) is 11.1 Å². The highest BCUT2D eigenvalue weighted by Crippen LogP contribution is 2.48. The van der Waals surface area contributed by atoms with Crippen LogP contribution in [-0.4, -0.2) is 106 Å². The Morgan fingerprint density at radius 2 is 1.66 bits per heavy atom. The topological polar surface area (TPSA) is 118 Å². The number of rotatable bonds is 8. The second-order valence-electron chi connectivity index (χ2n) is 12.8. The Labute approximate surface area is 239 Å². The number of nitrogens with zero attached hydrogens (tertiary/aromatic N) is 3. The molecule has 2 aromatic rings. The van der Waals surface area contributed by atoms with E-state index in [1.807, 2.05) is 18.2 Å². The summed E-state index contributed by atoms with van der Waals surface area (Å²) in [6, 6.07) is 11.2. The van der Waals surface area contributed by atoms with Crippen molar-refractivity contribution >= 4 is 23.2 Å². The van der Waals surface area contributed by atoms with Crippen molar-refractivity contribution < 1.29 is 38.7 Å². The van der Waals surface area contributed by atoms with Gasteiger partial charge in [0.2, 0.25) is 5.91 Å². The van der Waals surface area contributed by atoms with Crippen LogP contribution < -0.4 is 5.11 Å². The van der Waals surface area contributed by atoms with Crippen LogP contribution in [0.25, 0.3) is 16.7 Å². The lowest BCUT2D eigenvalue weighted by atomic mass is 9.82. The van der Waals surface area contributed by atoms with Gasteiger partial charge in [-0.3, -0.25) is 9.59 Å². The number of carbonyl (C=O) groups is 3. The highest BCUT2D eigenvalue weighted by atomic mass is 16.4. The van der Waals surface area contributed by atoms with Gasteiger partial charge < -0.3 is 34.0 Å². The van der Waals surface area contributed by atoms with Gasteiger partial charge in [-0.1, -0.05) is 18.2 Å². The SMILES string of the molecule is C[C@@H](O)[C@H]1C(=O)N2C(C(=O)[O-])=C(c3ccc4c(c3)-c3ccc(C[N+]56CC[N+](CCCO)(CC5)CC6)cc3C4=O)C[C@H]12. The molecule has 41 heavy (non-hydrogen) atoms. The monoisotopic (exact) mass is 558 g/mol. The van der Waals surface area contributed by atoms with Crippen LogP contribution in [0.1, 0.15) is 46.8 Å². The van der Waals surface area contributed by atoms with Crippen LogP contribution in [-0.2, 0) is 16.1 Å². The molecule has 2 bridgehead atoms. The molecule has 0 radical (unpaired) electrons. The van der Waals surface area contributed by atoms with Crippen LogP contribution in [0.5, 0.6) is 0 Å². The maximum atomic E-state index is 13.5. The van der Waals surface area contributed by atoms with Gasteiger partial charge in [0, 0.05) is 29.7 Å².